The van der Waals surface area contributed by atoms with E-state index >= 15 is 0 Å². The van der Waals surface area contributed by atoms with Crippen molar-refractivity contribution < 1.29 is 36.9 Å². The van der Waals surface area contributed by atoms with Gasteiger partial charge in [0.1, 0.15) is 24.2 Å². The molecule has 3 heterocycles. The molecule has 1 amide bonds. The third kappa shape index (κ3) is 3.79. The Morgan fingerprint density at radius 1 is 1.22 bits per heavy atom. The van der Waals surface area contributed by atoms with Crippen molar-refractivity contribution in [3.8, 4) is 5.75 Å². The molecule has 0 bridgehead atoms. The minimum Gasteiger partial charge on any atom is -0.404 e. The second kappa shape index (κ2) is 7.00. The molecule has 4 atom stereocenters. The molecule has 11 heteroatoms. The summed E-state index contributed by atoms with van der Waals surface area (Å²) in [4.78, 5) is 24.3. The highest BCUT2D eigenvalue weighted by Crippen LogP contribution is 2.55. The molecule has 0 N–H and O–H groups in total. The minimum absolute atomic E-state index is 0.0841. The van der Waals surface area contributed by atoms with E-state index in [4.69, 9.17) is 29.9 Å². The molecule has 0 spiro atoms. The molecule has 144 valence electrons. The van der Waals surface area contributed by atoms with Gasteiger partial charge in [-0.2, -0.15) is 0 Å². The number of ketones is 1. The molecular weight excluding hydrogens is 404 g/mol. The molecule has 1 aromatic rings. The summed E-state index contributed by atoms with van der Waals surface area (Å²) in [6, 6.07) is 6.17. The van der Waals surface area contributed by atoms with Gasteiger partial charge in [-0.1, -0.05) is 11.6 Å². The van der Waals surface area contributed by atoms with Crippen LogP contribution in [0.25, 0.3) is 0 Å². The summed E-state index contributed by atoms with van der Waals surface area (Å²) in [5.74, 6) is -2.20. The molecule has 3 aliphatic rings. The number of carbonyl (C=O) groups excluding carboxylic acids is 2. The number of rotatable bonds is 3. The molecule has 1 aromatic carbocycles. The largest absolute Gasteiger partial charge is 0.530 e. The molecule has 27 heavy (non-hydrogen) atoms. The summed E-state index contributed by atoms with van der Waals surface area (Å²) in [5, 5.41) is 0.489. The molecule has 2 fully saturated rings. The Balaban J connectivity index is 1.45. The highest BCUT2D eigenvalue weighted by molar-refractivity contribution is 7.49. The second-order valence-corrected chi connectivity index (χ2v) is 8.16. The van der Waals surface area contributed by atoms with Gasteiger partial charge in [0.05, 0.1) is 13.0 Å². The maximum atomic E-state index is 13.6. The number of hydrogen-bond acceptors (Lipinski definition) is 7. The Bertz CT molecular complexity index is 861. The Hall–Kier alpha value is -1.77. The maximum Gasteiger partial charge on any atom is 0.530 e. The van der Waals surface area contributed by atoms with Crippen LogP contribution in [0.4, 0.5) is 4.39 Å². The predicted molar refractivity (Wildman–Crippen MR) is 89.5 cm³/mol. The van der Waals surface area contributed by atoms with Crippen LogP contribution >= 0.6 is 19.4 Å². The van der Waals surface area contributed by atoms with Gasteiger partial charge in [0, 0.05) is 17.6 Å². The van der Waals surface area contributed by atoms with Gasteiger partial charge in [-0.25, -0.2) is 8.96 Å². The lowest BCUT2D eigenvalue weighted by Gasteiger charge is -2.29. The fourth-order valence-corrected chi connectivity index (χ4v) is 4.53. The monoisotopic (exact) mass is 417 g/mol. The third-order valence-electron chi connectivity index (χ3n) is 4.30. The number of benzene rings is 1. The quantitative estimate of drug-likeness (QED) is 0.551. The summed E-state index contributed by atoms with van der Waals surface area (Å²) >= 11 is 5.79. The van der Waals surface area contributed by atoms with E-state index in [2.05, 4.69) is 0 Å². The predicted octanol–water partition coefficient (Wildman–Crippen LogP) is 2.97. The molecule has 0 aliphatic carbocycles. The van der Waals surface area contributed by atoms with E-state index in [1.807, 2.05) is 0 Å². The van der Waals surface area contributed by atoms with Crippen molar-refractivity contribution in [1.29, 1.82) is 0 Å². The van der Waals surface area contributed by atoms with E-state index < -0.39 is 50.2 Å². The first-order chi connectivity index (χ1) is 12.8. The number of ether oxygens (including phenoxy) is 1. The molecule has 0 saturated carbocycles. The van der Waals surface area contributed by atoms with Crippen molar-refractivity contribution >= 4 is 31.1 Å². The van der Waals surface area contributed by atoms with Crippen molar-refractivity contribution in [2.45, 2.75) is 31.3 Å². The van der Waals surface area contributed by atoms with Crippen LogP contribution in [-0.4, -0.2) is 41.6 Å². The number of fused-ring (bicyclic) bond motifs is 1. The first-order valence-electron chi connectivity index (χ1n) is 8.08. The van der Waals surface area contributed by atoms with E-state index in [9.17, 15) is 18.5 Å². The molecule has 4 rings (SSSR count). The van der Waals surface area contributed by atoms with Gasteiger partial charge < -0.3 is 9.26 Å². The Morgan fingerprint density at radius 3 is 2.70 bits per heavy atom. The number of phosphoric ester groups is 1. The Morgan fingerprint density at radius 2 is 1.96 bits per heavy atom. The number of halogens is 2. The van der Waals surface area contributed by atoms with Gasteiger partial charge in [0.15, 0.2) is 5.83 Å². The number of Topliss-reactive ketones (excluding diaryl/α,β-unsaturated/α-hetero) is 1. The van der Waals surface area contributed by atoms with Crippen LogP contribution in [0.3, 0.4) is 0 Å². The van der Waals surface area contributed by atoms with E-state index in [0.29, 0.717) is 5.02 Å². The molecule has 0 aromatic heterocycles. The number of allylic oxidation sites excluding steroid dienone is 1. The summed E-state index contributed by atoms with van der Waals surface area (Å²) in [5.41, 5.74) is 0. The number of nitrogens with zero attached hydrogens (tertiary/aromatic N) is 1. The molecule has 2 saturated heterocycles. The van der Waals surface area contributed by atoms with Crippen molar-refractivity contribution in [2.24, 2.45) is 0 Å². The van der Waals surface area contributed by atoms with Crippen molar-refractivity contribution in [2.75, 3.05) is 6.61 Å². The zero-order valence-electron chi connectivity index (χ0n) is 13.7. The molecule has 8 nitrogen and oxygen atoms in total. The number of phosphoric acid groups is 1. The zero-order chi connectivity index (χ0) is 19.2. The van der Waals surface area contributed by atoms with Crippen molar-refractivity contribution in [3.63, 3.8) is 0 Å². The average molecular weight is 418 g/mol. The van der Waals surface area contributed by atoms with Crippen molar-refractivity contribution in [3.05, 3.63) is 41.3 Å². The van der Waals surface area contributed by atoms with E-state index in [1.54, 1.807) is 12.1 Å². The molecule has 3 aliphatic heterocycles. The lowest BCUT2D eigenvalue weighted by atomic mass is 10.1. The van der Waals surface area contributed by atoms with Crippen LogP contribution < -0.4 is 4.52 Å². The third-order valence-corrected chi connectivity index (χ3v) is 5.98. The molecular formula is C16H14ClFNO7P. The van der Waals surface area contributed by atoms with Gasteiger partial charge in [-0.05, 0) is 24.3 Å². The first kappa shape index (κ1) is 18.6. The van der Waals surface area contributed by atoms with Gasteiger partial charge in [-0.15, -0.1) is 0 Å². The normalized spacial score (nSPS) is 33.6. The number of hydrogen-bond donors (Lipinski definition) is 0. The van der Waals surface area contributed by atoms with Gasteiger partial charge >= 0.3 is 7.82 Å². The van der Waals surface area contributed by atoms with Crippen LogP contribution in [0.1, 0.15) is 12.8 Å². The van der Waals surface area contributed by atoms with Gasteiger partial charge in [-0.3, -0.25) is 23.5 Å². The lowest BCUT2D eigenvalue weighted by molar-refractivity contribution is -0.145. The van der Waals surface area contributed by atoms with E-state index in [1.165, 1.54) is 12.1 Å². The van der Waals surface area contributed by atoms with Crippen LogP contribution in [0.5, 0.6) is 5.75 Å². The first-order valence-corrected chi connectivity index (χ1v) is 9.92. The number of carbonyl (C=O) groups is 2. The van der Waals surface area contributed by atoms with Gasteiger partial charge in [0.25, 0.3) is 0 Å². The van der Waals surface area contributed by atoms with Crippen molar-refractivity contribution in [1.82, 2.24) is 4.90 Å². The summed E-state index contributed by atoms with van der Waals surface area (Å²) < 4.78 is 48.0. The van der Waals surface area contributed by atoms with E-state index in [0.717, 1.165) is 11.1 Å². The SMILES string of the molecule is O=C1CC(=O)N([C@H]2C[C@@H]3OP(=O)(Oc4ccc(Cl)cc4)OC[C@H]3O2)C=C1F. The second-order valence-electron chi connectivity index (χ2n) is 6.17. The highest BCUT2D eigenvalue weighted by atomic mass is 35.5. The van der Waals surface area contributed by atoms with Crippen LogP contribution in [0.15, 0.2) is 36.3 Å². The average Bonchev–Trinajstić information content (AvgIpc) is 3.02. The molecule has 1 unspecified atom stereocenters. The van der Waals surface area contributed by atoms with Crippen LogP contribution in [0, 0.1) is 0 Å². The lowest BCUT2D eigenvalue weighted by Crippen LogP contribution is -2.40. The maximum absolute atomic E-state index is 13.6. The standard InChI is InChI=1S/C16H14ClFNO7P/c17-9-1-3-10(4-2-9)25-27(22)23-8-14-13(26-27)6-16(24-14)19-7-11(18)12(20)5-15(19)21/h1-4,7,13-14,16H,5-6,8H2/t13-,14+,16+,27?/m0/s1. The fourth-order valence-electron chi connectivity index (χ4n) is 2.99. The zero-order valence-corrected chi connectivity index (χ0v) is 15.4. The van der Waals surface area contributed by atoms with Crippen LogP contribution in [-0.2, 0) is 27.9 Å². The molecule has 0 radical (unpaired) electrons. The Labute approximate surface area is 158 Å². The summed E-state index contributed by atoms with van der Waals surface area (Å²) in [7, 11) is -3.89. The summed E-state index contributed by atoms with van der Waals surface area (Å²) in [6.45, 7) is -0.0841. The minimum atomic E-state index is -3.89. The van der Waals surface area contributed by atoms with E-state index in [-0.39, 0.29) is 18.8 Å². The van der Waals surface area contributed by atoms with Gasteiger partial charge in [0.2, 0.25) is 11.7 Å². The summed E-state index contributed by atoms with van der Waals surface area (Å²) in [6.07, 6.45) is -1.74. The number of amides is 1. The topological polar surface area (TPSA) is 91.4 Å². The highest BCUT2D eigenvalue weighted by Gasteiger charge is 2.50. The fraction of sp³-hybridized carbons (Fsp3) is 0.375. The van der Waals surface area contributed by atoms with Crippen LogP contribution in [0.2, 0.25) is 5.02 Å². The Kier molecular flexibility index (Phi) is 4.82. The smallest absolute Gasteiger partial charge is 0.404 e.